The smallest absolute Gasteiger partial charge is 0.381 e. The molecule has 0 saturated heterocycles. The molecule has 0 aliphatic carbocycles. The summed E-state index contributed by atoms with van der Waals surface area (Å²) >= 11 is 0. The van der Waals surface area contributed by atoms with Gasteiger partial charge in [-0.2, -0.15) is 0 Å². The summed E-state index contributed by atoms with van der Waals surface area (Å²) in [6, 6.07) is 0. The number of carbonyl (C=O) groups is 3. The van der Waals surface area contributed by atoms with Gasteiger partial charge in [0.2, 0.25) is 5.78 Å². The van der Waals surface area contributed by atoms with Crippen molar-refractivity contribution >= 4 is 17.7 Å². The van der Waals surface area contributed by atoms with E-state index in [1.165, 1.54) is 0 Å². The van der Waals surface area contributed by atoms with E-state index in [1.54, 1.807) is 0 Å². The van der Waals surface area contributed by atoms with E-state index >= 15 is 0 Å². The topological polar surface area (TPSA) is 60.4 Å². The Morgan fingerprint density at radius 2 is 1.50 bits per heavy atom. The summed E-state index contributed by atoms with van der Waals surface area (Å²) in [5, 5.41) is 0. The van der Waals surface area contributed by atoms with Crippen molar-refractivity contribution in [3.05, 3.63) is 0 Å². The number of ketones is 1. The number of esters is 2. The van der Waals surface area contributed by atoms with Crippen LogP contribution in [0, 0.1) is 0 Å². The summed E-state index contributed by atoms with van der Waals surface area (Å²) in [6.07, 6.45) is 0. The number of ether oxygens (including phenoxy) is 1. The van der Waals surface area contributed by atoms with Crippen LogP contribution in [-0.2, 0) is 36.2 Å². The van der Waals surface area contributed by atoms with Crippen molar-refractivity contribution in [2.75, 3.05) is 0 Å². The molecule has 0 aromatic carbocycles. The van der Waals surface area contributed by atoms with Gasteiger partial charge in [-0.05, 0) is 0 Å². The van der Waals surface area contributed by atoms with Crippen LogP contribution < -0.4 is 0 Å². The van der Waals surface area contributed by atoms with Crippen molar-refractivity contribution in [2.24, 2.45) is 0 Å². The Morgan fingerprint density at radius 3 is 1.60 bits per heavy atom. The van der Waals surface area contributed by atoms with E-state index in [2.05, 4.69) is 4.74 Å². The summed E-state index contributed by atoms with van der Waals surface area (Å²) in [4.78, 5) is 30.2. The van der Waals surface area contributed by atoms with Gasteiger partial charge < -0.3 is 4.74 Å². The average Bonchev–Trinajstić information content (AvgIpc) is 1.63. The van der Waals surface area contributed by atoms with Crippen LogP contribution >= 0.6 is 0 Å². The molecule has 61 valence electrons. The van der Waals surface area contributed by atoms with Crippen molar-refractivity contribution in [3.63, 3.8) is 0 Å². The molecule has 0 aromatic rings. The summed E-state index contributed by atoms with van der Waals surface area (Å²) in [5.74, 6) is -2.65. The van der Waals surface area contributed by atoms with Gasteiger partial charge in [0.1, 0.15) is 0 Å². The molecule has 0 aliphatic rings. The third kappa shape index (κ3) is 5.47. The molecule has 0 aromatic heterocycles. The van der Waals surface area contributed by atoms with E-state index in [4.69, 9.17) is 0 Å². The second-order valence-electron chi connectivity index (χ2n) is 1.44. The SMILES string of the molecule is CC(=O)OC(=O)C(C)=O.[Cu]. The van der Waals surface area contributed by atoms with Gasteiger partial charge in [0.25, 0.3) is 0 Å². The van der Waals surface area contributed by atoms with Gasteiger partial charge in [-0.1, -0.05) is 0 Å². The third-order valence-electron chi connectivity index (χ3n) is 0.524. The zero-order chi connectivity index (χ0) is 7.44. The van der Waals surface area contributed by atoms with E-state index in [9.17, 15) is 14.4 Å². The molecule has 4 nitrogen and oxygen atoms in total. The second-order valence-corrected chi connectivity index (χ2v) is 1.44. The summed E-state index contributed by atoms with van der Waals surface area (Å²) in [5.41, 5.74) is 0. The van der Waals surface area contributed by atoms with Crippen molar-refractivity contribution in [2.45, 2.75) is 13.8 Å². The molecule has 10 heavy (non-hydrogen) atoms. The van der Waals surface area contributed by atoms with E-state index < -0.39 is 17.7 Å². The zero-order valence-corrected chi connectivity index (χ0v) is 6.38. The molecule has 0 atom stereocenters. The quantitative estimate of drug-likeness (QED) is 0.248. The van der Waals surface area contributed by atoms with E-state index in [0.29, 0.717) is 0 Å². The Morgan fingerprint density at radius 1 is 1.10 bits per heavy atom. The first-order valence-corrected chi connectivity index (χ1v) is 2.27. The van der Waals surface area contributed by atoms with Crippen LogP contribution in [0.3, 0.4) is 0 Å². The van der Waals surface area contributed by atoms with Gasteiger partial charge in [0, 0.05) is 30.9 Å². The minimum atomic E-state index is -1.11. The van der Waals surface area contributed by atoms with Crippen LogP contribution in [-0.4, -0.2) is 17.7 Å². The maximum Gasteiger partial charge on any atom is 0.381 e. The number of rotatable bonds is 1. The van der Waals surface area contributed by atoms with E-state index in [0.717, 1.165) is 13.8 Å². The Balaban J connectivity index is 0. The summed E-state index contributed by atoms with van der Waals surface area (Å²) in [6.45, 7) is 2.09. The maximum atomic E-state index is 10.2. The number of hydrogen-bond donors (Lipinski definition) is 0. The van der Waals surface area contributed by atoms with Crippen molar-refractivity contribution < 1.29 is 36.2 Å². The molecule has 0 rings (SSSR count). The molecule has 0 aliphatic heterocycles. The Bertz CT molecular complexity index is 163. The Kier molecular flexibility index (Phi) is 6.19. The molecule has 0 spiro atoms. The molecular formula is C5H6CuO4. The fraction of sp³-hybridized carbons (Fsp3) is 0.400. The van der Waals surface area contributed by atoms with Crippen LogP contribution in [0.5, 0.6) is 0 Å². The molecule has 0 heterocycles. The molecule has 0 amide bonds. The van der Waals surface area contributed by atoms with Crippen LogP contribution in [0.25, 0.3) is 0 Å². The number of Topliss-reactive ketones (excluding diaryl/α,β-unsaturated/α-hetero) is 1. The largest absolute Gasteiger partial charge is 0.387 e. The fourth-order valence-corrected chi connectivity index (χ4v) is 0.202. The molecule has 0 saturated carbocycles. The molecule has 5 heteroatoms. The third-order valence-corrected chi connectivity index (χ3v) is 0.524. The van der Waals surface area contributed by atoms with Crippen LogP contribution in [0.4, 0.5) is 0 Å². The number of hydrogen-bond acceptors (Lipinski definition) is 4. The van der Waals surface area contributed by atoms with Crippen molar-refractivity contribution in [1.82, 2.24) is 0 Å². The van der Waals surface area contributed by atoms with Gasteiger partial charge in [0.05, 0.1) is 0 Å². The molecule has 0 bridgehead atoms. The molecular weight excluding hydrogens is 188 g/mol. The van der Waals surface area contributed by atoms with Gasteiger partial charge in [0.15, 0.2) is 0 Å². The molecule has 0 fully saturated rings. The van der Waals surface area contributed by atoms with E-state index in [1.807, 2.05) is 0 Å². The molecule has 0 N–H and O–H groups in total. The standard InChI is InChI=1S/C5H6O4.Cu/c1-3(6)5(8)9-4(2)7;/h1-2H3;. The van der Waals surface area contributed by atoms with Crippen LogP contribution in [0.2, 0.25) is 0 Å². The van der Waals surface area contributed by atoms with Crippen molar-refractivity contribution in [1.29, 1.82) is 0 Å². The Labute approximate surface area is 68.4 Å². The minimum Gasteiger partial charge on any atom is -0.387 e. The predicted molar refractivity (Wildman–Crippen MR) is 27.5 cm³/mol. The maximum absolute atomic E-state index is 10.2. The monoisotopic (exact) mass is 193 g/mol. The minimum absolute atomic E-state index is 0. The van der Waals surface area contributed by atoms with Crippen molar-refractivity contribution in [3.8, 4) is 0 Å². The Hall–Kier alpha value is -0.671. The summed E-state index contributed by atoms with van der Waals surface area (Å²) in [7, 11) is 0. The van der Waals surface area contributed by atoms with Gasteiger partial charge in [-0.3, -0.25) is 9.59 Å². The predicted octanol–water partition coefficient (Wildman–Crippen LogP) is -0.337. The van der Waals surface area contributed by atoms with Gasteiger partial charge >= 0.3 is 11.9 Å². The van der Waals surface area contributed by atoms with E-state index in [-0.39, 0.29) is 17.1 Å². The zero-order valence-electron chi connectivity index (χ0n) is 5.43. The first-order chi connectivity index (χ1) is 4.04. The van der Waals surface area contributed by atoms with Crippen LogP contribution in [0.15, 0.2) is 0 Å². The van der Waals surface area contributed by atoms with Gasteiger partial charge in [-0.15, -0.1) is 0 Å². The second kappa shape index (κ2) is 5.14. The van der Waals surface area contributed by atoms with Crippen LogP contribution in [0.1, 0.15) is 13.8 Å². The molecule has 0 unspecified atom stereocenters. The fourth-order valence-electron chi connectivity index (χ4n) is 0.202. The first kappa shape index (κ1) is 12.0. The van der Waals surface area contributed by atoms with Gasteiger partial charge in [-0.25, -0.2) is 4.79 Å². The summed E-state index contributed by atoms with van der Waals surface area (Å²) < 4.78 is 3.88. The first-order valence-electron chi connectivity index (χ1n) is 2.27. The number of carbonyl (C=O) groups excluding carboxylic acids is 3. The normalized spacial score (nSPS) is 7.40. The average molecular weight is 194 g/mol. The molecule has 1 radical (unpaired) electrons.